The first kappa shape index (κ1) is 17.5. The molecule has 6 heteroatoms. The summed E-state index contributed by atoms with van der Waals surface area (Å²) < 4.78 is 1.89. The van der Waals surface area contributed by atoms with E-state index in [1.807, 2.05) is 72.3 Å². The Kier molecular flexibility index (Phi) is 5.36. The molecule has 0 aliphatic rings. The van der Waals surface area contributed by atoms with Gasteiger partial charge in [-0.2, -0.15) is 5.10 Å². The van der Waals surface area contributed by atoms with E-state index in [0.717, 1.165) is 23.0 Å². The number of carbonyl (C=O) groups excluding carboxylic acids is 1. The lowest BCUT2D eigenvalue weighted by molar-refractivity contribution is 0.0951. The third kappa shape index (κ3) is 4.38. The van der Waals surface area contributed by atoms with Crippen molar-refractivity contribution in [3.63, 3.8) is 0 Å². The second-order valence-corrected chi connectivity index (χ2v) is 6.70. The van der Waals surface area contributed by atoms with Crippen LogP contribution in [0, 0.1) is 0 Å². The molecule has 3 aromatic rings. The summed E-state index contributed by atoms with van der Waals surface area (Å²) in [5.41, 5.74) is 2.64. The second kappa shape index (κ2) is 7.68. The Balaban J connectivity index is 1.80. The Morgan fingerprint density at radius 3 is 2.84 bits per heavy atom. The van der Waals surface area contributed by atoms with E-state index >= 15 is 0 Å². The monoisotopic (exact) mass is 356 g/mol. The lowest BCUT2D eigenvalue weighted by Gasteiger charge is -2.10. The van der Waals surface area contributed by atoms with Crippen molar-refractivity contribution in [2.75, 3.05) is 27.2 Å². The van der Waals surface area contributed by atoms with Gasteiger partial charge in [0.25, 0.3) is 5.91 Å². The van der Waals surface area contributed by atoms with E-state index in [-0.39, 0.29) is 5.91 Å². The van der Waals surface area contributed by atoms with Crippen molar-refractivity contribution in [1.82, 2.24) is 20.0 Å². The zero-order valence-corrected chi connectivity index (χ0v) is 15.1. The summed E-state index contributed by atoms with van der Waals surface area (Å²) in [6.07, 6.45) is 1.81. The first-order chi connectivity index (χ1) is 12.0. The predicted molar refractivity (Wildman–Crippen MR) is 101 cm³/mol. The van der Waals surface area contributed by atoms with Gasteiger partial charge in [-0.05, 0) is 43.9 Å². The highest BCUT2D eigenvalue weighted by atomic mass is 35.5. The zero-order valence-electron chi connectivity index (χ0n) is 14.4. The summed E-state index contributed by atoms with van der Waals surface area (Å²) in [5, 5.41) is 9.09. The van der Waals surface area contributed by atoms with Crippen LogP contribution in [0.5, 0.6) is 0 Å². The van der Waals surface area contributed by atoms with Gasteiger partial charge < -0.3 is 10.2 Å². The molecule has 25 heavy (non-hydrogen) atoms. The standard InChI is InChI=1S/C19H21ClN4O/c1-23(2)9-8-21-19(25)15-6-7-16-12-22-24(18(16)11-15)13-14-4-3-5-17(20)10-14/h3-7,10-12H,8-9,13H2,1-2H3,(H,21,25). The fraction of sp³-hybridized carbons (Fsp3) is 0.263. The number of carbonyl (C=O) groups is 1. The third-order valence-corrected chi connectivity index (χ3v) is 4.21. The highest BCUT2D eigenvalue weighted by Crippen LogP contribution is 2.18. The van der Waals surface area contributed by atoms with Crippen LogP contribution in [-0.2, 0) is 6.54 Å². The maximum absolute atomic E-state index is 12.3. The highest BCUT2D eigenvalue weighted by Gasteiger charge is 2.10. The van der Waals surface area contributed by atoms with Gasteiger partial charge >= 0.3 is 0 Å². The number of likely N-dealkylation sites (N-methyl/N-ethyl adjacent to an activating group) is 1. The topological polar surface area (TPSA) is 50.2 Å². The van der Waals surface area contributed by atoms with Gasteiger partial charge in [0.1, 0.15) is 0 Å². The largest absolute Gasteiger partial charge is 0.351 e. The van der Waals surface area contributed by atoms with Crippen LogP contribution in [0.15, 0.2) is 48.7 Å². The quantitative estimate of drug-likeness (QED) is 0.738. The molecule has 0 aliphatic carbocycles. The summed E-state index contributed by atoms with van der Waals surface area (Å²) in [5.74, 6) is -0.0701. The number of hydrogen-bond acceptors (Lipinski definition) is 3. The molecule has 0 aliphatic heterocycles. The molecule has 130 valence electrons. The molecule has 1 heterocycles. The number of aromatic nitrogens is 2. The van der Waals surface area contributed by atoms with Gasteiger partial charge in [0.15, 0.2) is 0 Å². The van der Waals surface area contributed by atoms with Crippen molar-refractivity contribution >= 4 is 28.4 Å². The lowest BCUT2D eigenvalue weighted by Crippen LogP contribution is -2.31. The molecule has 1 amide bonds. The Hall–Kier alpha value is -2.37. The number of rotatable bonds is 6. The molecule has 0 radical (unpaired) electrons. The molecular weight excluding hydrogens is 336 g/mol. The minimum atomic E-state index is -0.0701. The minimum absolute atomic E-state index is 0.0701. The maximum atomic E-state index is 12.3. The Morgan fingerprint density at radius 2 is 2.08 bits per heavy atom. The molecule has 0 spiro atoms. The number of benzene rings is 2. The van der Waals surface area contributed by atoms with Gasteiger partial charge in [0.05, 0.1) is 18.3 Å². The van der Waals surface area contributed by atoms with E-state index in [1.54, 1.807) is 0 Å². The van der Waals surface area contributed by atoms with Gasteiger partial charge in [0.2, 0.25) is 0 Å². The summed E-state index contributed by atoms with van der Waals surface area (Å²) in [6, 6.07) is 13.4. The van der Waals surface area contributed by atoms with Crippen molar-refractivity contribution in [1.29, 1.82) is 0 Å². The first-order valence-electron chi connectivity index (χ1n) is 8.16. The number of halogens is 1. The van der Waals surface area contributed by atoms with E-state index in [2.05, 4.69) is 10.4 Å². The van der Waals surface area contributed by atoms with Gasteiger partial charge in [-0.1, -0.05) is 29.8 Å². The van der Waals surface area contributed by atoms with Gasteiger partial charge in [-0.15, -0.1) is 0 Å². The fourth-order valence-electron chi connectivity index (χ4n) is 2.64. The highest BCUT2D eigenvalue weighted by molar-refractivity contribution is 6.30. The van der Waals surface area contributed by atoms with E-state index in [9.17, 15) is 4.79 Å². The van der Waals surface area contributed by atoms with Crippen LogP contribution in [0.4, 0.5) is 0 Å². The van der Waals surface area contributed by atoms with Crippen LogP contribution in [0.25, 0.3) is 10.9 Å². The Labute approximate surface area is 152 Å². The summed E-state index contributed by atoms with van der Waals surface area (Å²) in [7, 11) is 3.96. The number of nitrogens with one attached hydrogen (secondary N) is 1. The van der Waals surface area contributed by atoms with Crippen molar-refractivity contribution in [2.24, 2.45) is 0 Å². The van der Waals surface area contributed by atoms with E-state index in [4.69, 9.17) is 11.6 Å². The molecule has 2 aromatic carbocycles. The van der Waals surface area contributed by atoms with Crippen LogP contribution in [0.3, 0.4) is 0 Å². The Morgan fingerprint density at radius 1 is 1.24 bits per heavy atom. The fourth-order valence-corrected chi connectivity index (χ4v) is 2.85. The molecule has 0 saturated carbocycles. The van der Waals surface area contributed by atoms with E-state index in [1.165, 1.54) is 0 Å². The number of hydrogen-bond donors (Lipinski definition) is 1. The number of amides is 1. The van der Waals surface area contributed by atoms with Crippen LogP contribution in [0.2, 0.25) is 5.02 Å². The molecule has 5 nitrogen and oxygen atoms in total. The lowest BCUT2D eigenvalue weighted by atomic mass is 10.1. The maximum Gasteiger partial charge on any atom is 0.251 e. The zero-order chi connectivity index (χ0) is 17.8. The van der Waals surface area contributed by atoms with Crippen LogP contribution in [0.1, 0.15) is 15.9 Å². The average molecular weight is 357 g/mol. The number of fused-ring (bicyclic) bond motifs is 1. The molecule has 0 unspecified atom stereocenters. The van der Waals surface area contributed by atoms with Crippen LogP contribution in [-0.4, -0.2) is 47.8 Å². The van der Waals surface area contributed by atoms with Crippen molar-refractivity contribution in [2.45, 2.75) is 6.54 Å². The second-order valence-electron chi connectivity index (χ2n) is 6.26. The van der Waals surface area contributed by atoms with Crippen molar-refractivity contribution in [3.8, 4) is 0 Å². The van der Waals surface area contributed by atoms with Gasteiger partial charge in [-0.25, -0.2) is 0 Å². The molecule has 0 saturated heterocycles. The predicted octanol–water partition coefficient (Wildman–Crippen LogP) is 3.03. The molecule has 3 rings (SSSR count). The molecule has 1 N–H and O–H groups in total. The minimum Gasteiger partial charge on any atom is -0.351 e. The summed E-state index contributed by atoms with van der Waals surface area (Å²) >= 11 is 6.05. The Bertz CT molecular complexity index is 888. The molecule has 0 fully saturated rings. The van der Waals surface area contributed by atoms with Gasteiger partial charge in [-0.3, -0.25) is 9.48 Å². The number of nitrogens with zero attached hydrogens (tertiary/aromatic N) is 3. The summed E-state index contributed by atoms with van der Waals surface area (Å²) in [4.78, 5) is 14.4. The van der Waals surface area contributed by atoms with Crippen LogP contribution >= 0.6 is 11.6 Å². The van der Waals surface area contributed by atoms with Crippen LogP contribution < -0.4 is 5.32 Å². The molecular formula is C19H21ClN4O. The average Bonchev–Trinajstić information content (AvgIpc) is 2.96. The van der Waals surface area contributed by atoms with Crippen molar-refractivity contribution in [3.05, 3.63) is 64.8 Å². The first-order valence-corrected chi connectivity index (χ1v) is 8.53. The smallest absolute Gasteiger partial charge is 0.251 e. The normalized spacial score (nSPS) is 11.2. The SMILES string of the molecule is CN(C)CCNC(=O)c1ccc2cnn(Cc3cccc(Cl)c3)c2c1. The van der Waals surface area contributed by atoms with Gasteiger partial charge in [0, 0.05) is 29.1 Å². The van der Waals surface area contributed by atoms with E-state index in [0.29, 0.717) is 23.7 Å². The summed E-state index contributed by atoms with van der Waals surface area (Å²) in [6.45, 7) is 2.03. The molecule has 0 bridgehead atoms. The van der Waals surface area contributed by atoms with Crippen molar-refractivity contribution < 1.29 is 4.79 Å². The molecule has 1 aromatic heterocycles. The third-order valence-electron chi connectivity index (χ3n) is 3.97. The van der Waals surface area contributed by atoms with E-state index < -0.39 is 0 Å². The molecule has 0 atom stereocenters.